The molecular formula is C13H21ClN4O. The maximum atomic E-state index is 5.81. The molecule has 0 unspecified atom stereocenters. The molecule has 2 rings (SSSR count). The Morgan fingerprint density at radius 2 is 2.11 bits per heavy atom. The Hall–Kier alpha value is -1.07. The average molecular weight is 285 g/mol. The van der Waals surface area contributed by atoms with Gasteiger partial charge in [0.2, 0.25) is 5.88 Å². The lowest BCUT2D eigenvalue weighted by atomic mass is 10.3. The van der Waals surface area contributed by atoms with Crippen LogP contribution in [-0.4, -0.2) is 60.6 Å². The molecule has 0 radical (unpaired) electrons. The second-order valence-electron chi connectivity index (χ2n) is 4.69. The minimum absolute atomic E-state index is 0.629. The van der Waals surface area contributed by atoms with E-state index in [2.05, 4.69) is 19.8 Å². The Kier molecular flexibility index (Phi) is 5.22. The highest BCUT2D eigenvalue weighted by Crippen LogP contribution is 2.18. The summed E-state index contributed by atoms with van der Waals surface area (Å²) in [4.78, 5) is 13.4. The van der Waals surface area contributed by atoms with Crippen LogP contribution in [0.4, 0.5) is 5.82 Å². The largest absolute Gasteiger partial charge is 0.481 e. The van der Waals surface area contributed by atoms with E-state index in [1.165, 1.54) is 0 Å². The molecule has 19 heavy (non-hydrogen) atoms. The lowest BCUT2D eigenvalue weighted by Crippen LogP contribution is -2.32. The van der Waals surface area contributed by atoms with E-state index in [1.54, 1.807) is 7.11 Å². The van der Waals surface area contributed by atoms with Crippen LogP contribution >= 0.6 is 11.6 Å². The Bertz CT molecular complexity index is 416. The SMILES string of the molecule is COc1cc(N2CCCN(CCCl)CC2)nc(C)n1. The quantitative estimate of drug-likeness (QED) is 0.785. The van der Waals surface area contributed by atoms with Gasteiger partial charge in [0.15, 0.2) is 0 Å². The summed E-state index contributed by atoms with van der Waals surface area (Å²) in [6.45, 7) is 6.96. The Morgan fingerprint density at radius 1 is 1.26 bits per heavy atom. The van der Waals surface area contributed by atoms with Gasteiger partial charge in [0.05, 0.1) is 7.11 Å². The molecule has 0 saturated carbocycles. The van der Waals surface area contributed by atoms with E-state index in [0.717, 1.165) is 50.8 Å². The summed E-state index contributed by atoms with van der Waals surface area (Å²) < 4.78 is 5.21. The van der Waals surface area contributed by atoms with Crippen molar-refractivity contribution in [1.29, 1.82) is 0 Å². The molecule has 2 heterocycles. The van der Waals surface area contributed by atoms with E-state index in [4.69, 9.17) is 16.3 Å². The van der Waals surface area contributed by atoms with Crippen molar-refractivity contribution < 1.29 is 4.74 Å². The summed E-state index contributed by atoms with van der Waals surface area (Å²) in [7, 11) is 1.64. The smallest absolute Gasteiger partial charge is 0.218 e. The molecule has 0 aromatic carbocycles. The highest BCUT2D eigenvalue weighted by Gasteiger charge is 2.16. The van der Waals surface area contributed by atoms with E-state index in [9.17, 15) is 0 Å². The Labute approximate surface area is 119 Å². The van der Waals surface area contributed by atoms with E-state index >= 15 is 0 Å². The third-order valence-electron chi connectivity index (χ3n) is 3.32. The first-order valence-electron chi connectivity index (χ1n) is 6.66. The number of hydrogen-bond donors (Lipinski definition) is 0. The summed E-state index contributed by atoms with van der Waals surface area (Å²) in [6, 6.07) is 1.91. The Morgan fingerprint density at radius 3 is 2.84 bits per heavy atom. The molecule has 0 bridgehead atoms. The van der Waals surface area contributed by atoms with Crippen LogP contribution in [0.1, 0.15) is 12.2 Å². The number of halogens is 1. The number of rotatable bonds is 4. The van der Waals surface area contributed by atoms with Crippen LogP contribution in [0, 0.1) is 6.92 Å². The van der Waals surface area contributed by atoms with Crippen LogP contribution < -0.4 is 9.64 Å². The molecule has 106 valence electrons. The summed E-state index contributed by atoms with van der Waals surface area (Å²) in [6.07, 6.45) is 1.13. The van der Waals surface area contributed by atoms with Crippen molar-refractivity contribution in [2.75, 3.05) is 50.6 Å². The molecule has 0 atom stereocenters. The van der Waals surface area contributed by atoms with Crippen LogP contribution in [0.15, 0.2) is 6.07 Å². The zero-order valence-electron chi connectivity index (χ0n) is 11.6. The maximum Gasteiger partial charge on any atom is 0.218 e. The topological polar surface area (TPSA) is 41.5 Å². The molecule has 1 aliphatic heterocycles. The van der Waals surface area contributed by atoms with Crippen molar-refractivity contribution in [3.8, 4) is 5.88 Å². The first-order chi connectivity index (χ1) is 9.22. The van der Waals surface area contributed by atoms with Gasteiger partial charge in [0.1, 0.15) is 11.6 Å². The molecule has 1 aromatic rings. The molecule has 1 aliphatic rings. The summed E-state index contributed by atoms with van der Waals surface area (Å²) in [5.74, 6) is 3.03. The zero-order valence-corrected chi connectivity index (χ0v) is 12.4. The van der Waals surface area contributed by atoms with Crippen LogP contribution in [0.25, 0.3) is 0 Å². The van der Waals surface area contributed by atoms with Crippen LogP contribution in [0.5, 0.6) is 5.88 Å². The normalized spacial score (nSPS) is 17.3. The number of ether oxygens (including phenoxy) is 1. The monoisotopic (exact) mass is 284 g/mol. The van der Waals surface area contributed by atoms with E-state index < -0.39 is 0 Å². The van der Waals surface area contributed by atoms with Crippen molar-refractivity contribution in [3.05, 3.63) is 11.9 Å². The van der Waals surface area contributed by atoms with Gasteiger partial charge in [-0.1, -0.05) is 0 Å². The fourth-order valence-electron chi connectivity index (χ4n) is 2.33. The third-order valence-corrected chi connectivity index (χ3v) is 3.49. The van der Waals surface area contributed by atoms with Gasteiger partial charge in [-0.05, 0) is 19.9 Å². The van der Waals surface area contributed by atoms with Crippen molar-refractivity contribution in [2.24, 2.45) is 0 Å². The predicted molar refractivity (Wildman–Crippen MR) is 77.3 cm³/mol. The van der Waals surface area contributed by atoms with Gasteiger partial charge < -0.3 is 14.5 Å². The van der Waals surface area contributed by atoms with Crippen molar-refractivity contribution in [2.45, 2.75) is 13.3 Å². The van der Waals surface area contributed by atoms with E-state index in [-0.39, 0.29) is 0 Å². The van der Waals surface area contributed by atoms with Crippen molar-refractivity contribution in [3.63, 3.8) is 0 Å². The minimum Gasteiger partial charge on any atom is -0.481 e. The van der Waals surface area contributed by atoms with Crippen LogP contribution in [-0.2, 0) is 0 Å². The lowest BCUT2D eigenvalue weighted by Gasteiger charge is -2.22. The molecule has 1 fully saturated rings. The molecule has 5 nitrogen and oxygen atoms in total. The molecule has 0 N–H and O–H groups in total. The number of aryl methyl sites for hydroxylation is 1. The zero-order chi connectivity index (χ0) is 13.7. The molecule has 1 aromatic heterocycles. The highest BCUT2D eigenvalue weighted by atomic mass is 35.5. The fraction of sp³-hybridized carbons (Fsp3) is 0.692. The average Bonchev–Trinajstić information content (AvgIpc) is 2.64. The summed E-state index contributed by atoms with van der Waals surface area (Å²) in [5, 5.41) is 0. The van der Waals surface area contributed by atoms with E-state index in [0.29, 0.717) is 11.8 Å². The number of aromatic nitrogens is 2. The Balaban J connectivity index is 2.07. The van der Waals surface area contributed by atoms with E-state index in [1.807, 2.05) is 13.0 Å². The lowest BCUT2D eigenvalue weighted by molar-refractivity contribution is 0.311. The highest BCUT2D eigenvalue weighted by molar-refractivity contribution is 6.18. The van der Waals surface area contributed by atoms with Gasteiger partial charge >= 0.3 is 0 Å². The first-order valence-corrected chi connectivity index (χ1v) is 7.19. The van der Waals surface area contributed by atoms with Gasteiger partial charge in [0, 0.05) is 38.1 Å². The first kappa shape index (κ1) is 14.3. The third kappa shape index (κ3) is 3.94. The molecule has 6 heteroatoms. The minimum atomic E-state index is 0.629. The molecule has 0 spiro atoms. The van der Waals surface area contributed by atoms with Gasteiger partial charge in [-0.3, -0.25) is 0 Å². The molecule has 0 amide bonds. The van der Waals surface area contributed by atoms with Crippen LogP contribution in [0.2, 0.25) is 0 Å². The number of anilines is 1. The second kappa shape index (κ2) is 6.91. The number of methoxy groups -OCH3 is 1. The number of nitrogens with zero attached hydrogens (tertiary/aromatic N) is 4. The second-order valence-corrected chi connectivity index (χ2v) is 5.06. The molecule has 1 saturated heterocycles. The molecule has 0 aliphatic carbocycles. The summed E-state index contributed by atoms with van der Waals surface area (Å²) >= 11 is 5.81. The molecular weight excluding hydrogens is 264 g/mol. The predicted octanol–water partition coefficient (Wildman–Crippen LogP) is 1.54. The van der Waals surface area contributed by atoms with Gasteiger partial charge in [-0.15, -0.1) is 11.6 Å². The van der Waals surface area contributed by atoms with Gasteiger partial charge in [0.25, 0.3) is 0 Å². The number of alkyl halides is 1. The van der Waals surface area contributed by atoms with Crippen molar-refractivity contribution >= 4 is 17.4 Å². The van der Waals surface area contributed by atoms with Gasteiger partial charge in [-0.25, -0.2) is 4.98 Å². The summed E-state index contributed by atoms with van der Waals surface area (Å²) in [5.41, 5.74) is 0. The standard InChI is InChI=1S/C13H21ClN4O/c1-11-15-12(10-13(16-11)19-2)18-6-3-5-17(7-4-14)8-9-18/h10H,3-9H2,1-2H3. The van der Waals surface area contributed by atoms with Gasteiger partial charge in [-0.2, -0.15) is 4.98 Å². The maximum absolute atomic E-state index is 5.81. The van der Waals surface area contributed by atoms with Crippen LogP contribution in [0.3, 0.4) is 0 Å². The fourth-order valence-corrected chi connectivity index (χ4v) is 2.57. The van der Waals surface area contributed by atoms with Crippen molar-refractivity contribution in [1.82, 2.24) is 14.9 Å². The number of hydrogen-bond acceptors (Lipinski definition) is 5.